The number of sulfonamides is 1. The van der Waals surface area contributed by atoms with Crippen molar-refractivity contribution >= 4 is 44.1 Å². The highest BCUT2D eigenvalue weighted by atomic mass is 32.2. The summed E-state index contributed by atoms with van der Waals surface area (Å²) in [5.74, 6) is 0.0544. The van der Waals surface area contributed by atoms with Crippen molar-refractivity contribution < 1.29 is 17.6 Å². The molecular formula is C22H19N3O4S2. The third kappa shape index (κ3) is 3.76. The highest BCUT2D eigenvalue weighted by molar-refractivity contribution is 7.89. The molecule has 2 aromatic carbocycles. The maximum Gasteiger partial charge on any atom is 0.267 e. The number of para-hydroxylation sites is 2. The van der Waals surface area contributed by atoms with E-state index in [1.54, 1.807) is 29.6 Å². The highest BCUT2D eigenvalue weighted by Crippen LogP contribution is 2.29. The van der Waals surface area contributed by atoms with Crippen LogP contribution in [0.25, 0.3) is 22.6 Å². The Morgan fingerprint density at radius 3 is 2.52 bits per heavy atom. The molecule has 1 saturated heterocycles. The van der Waals surface area contributed by atoms with Gasteiger partial charge in [0.25, 0.3) is 5.91 Å². The van der Waals surface area contributed by atoms with Crippen molar-refractivity contribution in [3.8, 4) is 11.5 Å². The number of hydrogen-bond acceptors (Lipinski definition) is 6. The predicted molar refractivity (Wildman–Crippen MR) is 120 cm³/mol. The number of hydrogen-bond donors (Lipinski definition) is 1. The number of nitrogens with one attached hydrogen (secondary N) is 1. The van der Waals surface area contributed by atoms with E-state index >= 15 is 0 Å². The van der Waals surface area contributed by atoms with E-state index in [-0.39, 0.29) is 9.77 Å². The fourth-order valence-electron chi connectivity index (χ4n) is 3.61. The van der Waals surface area contributed by atoms with Crippen LogP contribution in [0.5, 0.6) is 0 Å². The first-order valence-corrected chi connectivity index (χ1v) is 12.2. The molecule has 1 fully saturated rings. The molecule has 0 spiro atoms. The van der Waals surface area contributed by atoms with Crippen LogP contribution in [0.1, 0.15) is 22.5 Å². The maximum absolute atomic E-state index is 12.9. The SMILES string of the molecule is O=C(Nc1ccc(-c2nc3ccccc3o2)cc1)c1sccc1S(=O)(=O)N1CCCC1. The van der Waals surface area contributed by atoms with Gasteiger partial charge in [0.1, 0.15) is 15.3 Å². The van der Waals surface area contributed by atoms with Crippen molar-refractivity contribution in [1.29, 1.82) is 0 Å². The Hall–Kier alpha value is -3.01. The monoisotopic (exact) mass is 453 g/mol. The first-order chi connectivity index (χ1) is 15.0. The molecule has 158 valence electrons. The van der Waals surface area contributed by atoms with E-state index in [1.807, 2.05) is 24.3 Å². The smallest absolute Gasteiger partial charge is 0.267 e. The van der Waals surface area contributed by atoms with Crippen LogP contribution in [-0.2, 0) is 10.0 Å². The first-order valence-electron chi connectivity index (χ1n) is 9.87. The van der Waals surface area contributed by atoms with Crippen molar-refractivity contribution in [3.63, 3.8) is 0 Å². The van der Waals surface area contributed by atoms with Gasteiger partial charge < -0.3 is 9.73 Å². The molecule has 0 radical (unpaired) electrons. The molecular weight excluding hydrogens is 434 g/mol. The topological polar surface area (TPSA) is 92.5 Å². The Morgan fingerprint density at radius 2 is 1.77 bits per heavy atom. The molecule has 0 aliphatic carbocycles. The van der Waals surface area contributed by atoms with Crippen LogP contribution in [-0.4, -0.2) is 36.7 Å². The summed E-state index contributed by atoms with van der Waals surface area (Å²) < 4.78 is 33.0. The third-order valence-electron chi connectivity index (χ3n) is 5.20. The number of amides is 1. The predicted octanol–water partition coefficient (Wildman–Crippen LogP) is 4.59. The molecule has 1 amide bonds. The maximum atomic E-state index is 12.9. The standard InChI is InChI=1S/C22H19N3O4S2/c26-21(20-19(11-14-30-20)31(27,28)25-12-3-4-13-25)23-16-9-7-15(8-10-16)22-24-17-5-1-2-6-18(17)29-22/h1-2,5-11,14H,3-4,12-13H2,(H,23,26). The summed E-state index contributed by atoms with van der Waals surface area (Å²) in [5.41, 5.74) is 2.82. The Bertz CT molecular complexity index is 1320. The third-order valence-corrected chi connectivity index (χ3v) is 8.19. The van der Waals surface area contributed by atoms with Gasteiger partial charge in [0, 0.05) is 24.3 Å². The lowest BCUT2D eigenvalue weighted by Gasteiger charge is -2.15. The van der Waals surface area contributed by atoms with Crippen LogP contribution in [0.3, 0.4) is 0 Å². The fourth-order valence-corrected chi connectivity index (χ4v) is 6.43. The van der Waals surface area contributed by atoms with E-state index in [4.69, 9.17) is 4.42 Å². The van der Waals surface area contributed by atoms with Gasteiger partial charge in [-0.15, -0.1) is 11.3 Å². The van der Waals surface area contributed by atoms with E-state index in [2.05, 4.69) is 10.3 Å². The zero-order valence-corrected chi connectivity index (χ0v) is 18.1. The minimum Gasteiger partial charge on any atom is -0.436 e. The summed E-state index contributed by atoms with van der Waals surface area (Å²) in [5, 5.41) is 4.42. The van der Waals surface area contributed by atoms with Crippen LogP contribution in [0, 0.1) is 0 Å². The van der Waals surface area contributed by atoms with Crippen LogP contribution >= 0.6 is 11.3 Å². The van der Waals surface area contributed by atoms with Gasteiger partial charge in [0.15, 0.2) is 5.58 Å². The van der Waals surface area contributed by atoms with E-state index in [0.717, 1.165) is 35.3 Å². The molecule has 4 aromatic rings. The highest BCUT2D eigenvalue weighted by Gasteiger charge is 2.31. The van der Waals surface area contributed by atoms with Crippen LogP contribution in [0.15, 0.2) is 69.3 Å². The Balaban J connectivity index is 1.35. The zero-order chi connectivity index (χ0) is 21.4. The molecule has 1 N–H and O–H groups in total. The molecule has 5 rings (SSSR count). The number of aromatic nitrogens is 1. The minimum atomic E-state index is -3.66. The molecule has 0 saturated carbocycles. The zero-order valence-electron chi connectivity index (χ0n) is 16.4. The van der Waals surface area contributed by atoms with Gasteiger partial charge in [-0.2, -0.15) is 4.31 Å². The second-order valence-corrected chi connectivity index (χ2v) is 10.1. The van der Waals surface area contributed by atoms with Gasteiger partial charge >= 0.3 is 0 Å². The summed E-state index contributed by atoms with van der Waals surface area (Å²) in [6.07, 6.45) is 1.69. The molecule has 0 unspecified atom stereocenters. The average Bonchev–Trinajstić information content (AvgIpc) is 3.54. The number of anilines is 1. The van der Waals surface area contributed by atoms with Crippen molar-refractivity contribution in [2.45, 2.75) is 17.7 Å². The molecule has 2 aromatic heterocycles. The van der Waals surface area contributed by atoms with E-state index in [1.165, 1.54) is 10.4 Å². The number of carbonyl (C=O) groups excluding carboxylic acids is 1. The van der Waals surface area contributed by atoms with Gasteiger partial charge in [-0.05, 0) is 60.7 Å². The van der Waals surface area contributed by atoms with Gasteiger partial charge in [-0.3, -0.25) is 4.79 Å². The Morgan fingerprint density at radius 1 is 1.03 bits per heavy atom. The van der Waals surface area contributed by atoms with Gasteiger partial charge in [-0.1, -0.05) is 12.1 Å². The van der Waals surface area contributed by atoms with E-state index in [0.29, 0.717) is 30.3 Å². The minimum absolute atomic E-state index is 0.0694. The van der Waals surface area contributed by atoms with Crippen molar-refractivity contribution in [3.05, 3.63) is 64.9 Å². The lowest BCUT2D eigenvalue weighted by Crippen LogP contribution is -2.29. The largest absolute Gasteiger partial charge is 0.436 e. The molecule has 0 bridgehead atoms. The summed E-state index contributed by atoms with van der Waals surface area (Å²) in [6.45, 7) is 0.993. The average molecular weight is 454 g/mol. The molecule has 3 heterocycles. The fraction of sp³-hybridized carbons (Fsp3) is 0.182. The lowest BCUT2D eigenvalue weighted by molar-refractivity contribution is 0.102. The summed E-state index contributed by atoms with van der Waals surface area (Å²) in [6, 6.07) is 16.1. The van der Waals surface area contributed by atoms with Gasteiger partial charge in [0.05, 0.1) is 0 Å². The number of benzene rings is 2. The summed E-state index contributed by atoms with van der Waals surface area (Å²) in [7, 11) is -3.66. The van der Waals surface area contributed by atoms with E-state index < -0.39 is 15.9 Å². The van der Waals surface area contributed by atoms with Crippen LogP contribution in [0.4, 0.5) is 5.69 Å². The van der Waals surface area contributed by atoms with Gasteiger partial charge in [-0.25, -0.2) is 13.4 Å². The first kappa shape index (κ1) is 19.9. The normalized spacial score (nSPS) is 14.8. The Kier molecular flexibility index (Phi) is 5.09. The number of thiophene rings is 1. The number of oxazole rings is 1. The summed E-state index contributed by atoms with van der Waals surface area (Å²) in [4.78, 5) is 17.5. The van der Waals surface area contributed by atoms with Crippen molar-refractivity contribution in [2.24, 2.45) is 0 Å². The summed E-state index contributed by atoms with van der Waals surface area (Å²) >= 11 is 1.12. The van der Waals surface area contributed by atoms with Crippen molar-refractivity contribution in [2.75, 3.05) is 18.4 Å². The number of carbonyl (C=O) groups is 1. The van der Waals surface area contributed by atoms with Crippen LogP contribution < -0.4 is 5.32 Å². The number of fused-ring (bicyclic) bond motifs is 1. The van der Waals surface area contributed by atoms with Crippen molar-refractivity contribution in [1.82, 2.24) is 9.29 Å². The lowest BCUT2D eigenvalue weighted by atomic mass is 10.2. The van der Waals surface area contributed by atoms with E-state index in [9.17, 15) is 13.2 Å². The molecule has 31 heavy (non-hydrogen) atoms. The molecule has 7 nitrogen and oxygen atoms in total. The Labute approximate surface area is 183 Å². The molecule has 9 heteroatoms. The molecule has 1 aliphatic rings. The second kappa shape index (κ2) is 7.92. The number of nitrogens with zero attached hydrogens (tertiary/aromatic N) is 2. The number of rotatable bonds is 5. The quantitative estimate of drug-likeness (QED) is 0.477. The molecule has 0 atom stereocenters. The van der Waals surface area contributed by atoms with Gasteiger partial charge in [0.2, 0.25) is 15.9 Å². The van der Waals surface area contributed by atoms with Crippen LogP contribution in [0.2, 0.25) is 0 Å². The molecule has 1 aliphatic heterocycles. The second-order valence-electron chi connectivity index (χ2n) is 7.24.